The van der Waals surface area contributed by atoms with Gasteiger partial charge in [-0.3, -0.25) is 9.13 Å². The van der Waals surface area contributed by atoms with Gasteiger partial charge in [0.2, 0.25) is 0 Å². The largest absolute Gasteiger partial charge is 0.395 e. The lowest BCUT2D eigenvalue weighted by Crippen LogP contribution is -2.29. The van der Waals surface area contributed by atoms with Gasteiger partial charge in [0.25, 0.3) is 0 Å². The Balaban J connectivity index is 4.78. The van der Waals surface area contributed by atoms with E-state index in [1.54, 1.807) is 0 Å². The number of nitrogens with two attached hydrogens (primary N) is 1. The topological polar surface area (TPSA) is 161 Å². The number of hydrogen-bond acceptors (Lipinski definition) is 4. The lowest BCUT2D eigenvalue weighted by molar-refractivity contribution is 0.255. The molecule has 1 unspecified atom stereocenters. The molecule has 10 heteroatoms. The average molecular weight is 249 g/mol. The third kappa shape index (κ3) is 4.63. The SMILES string of the molecule is NC(CO)CC(P(=O)(O)O)P(=O)(O)O. The number of aliphatic hydroxyl groups is 1. The Morgan fingerprint density at radius 1 is 1.07 bits per heavy atom. The highest BCUT2D eigenvalue weighted by molar-refractivity contribution is 7.70. The second-order valence-electron chi connectivity index (χ2n) is 2.84. The summed E-state index contributed by atoms with van der Waals surface area (Å²) in [5.41, 5.74) is 5.13. The molecular formula is C4H13NO7P2. The first-order valence-electron chi connectivity index (χ1n) is 3.56. The van der Waals surface area contributed by atoms with Gasteiger partial charge in [0.05, 0.1) is 6.61 Å². The van der Waals surface area contributed by atoms with E-state index >= 15 is 0 Å². The lowest BCUT2D eigenvalue weighted by atomic mass is 10.3. The van der Waals surface area contributed by atoms with Crippen molar-refractivity contribution in [1.29, 1.82) is 0 Å². The lowest BCUT2D eigenvalue weighted by Gasteiger charge is -2.21. The molecule has 0 rings (SSSR count). The Bertz CT molecular complexity index is 247. The molecule has 1 atom stereocenters. The molecule has 0 spiro atoms. The van der Waals surface area contributed by atoms with Gasteiger partial charge in [-0.25, -0.2) is 0 Å². The Hall–Kier alpha value is 0.220. The van der Waals surface area contributed by atoms with Crippen LogP contribution < -0.4 is 5.73 Å². The van der Waals surface area contributed by atoms with Crippen LogP contribution in [0.3, 0.4) is 0 Å². The maximum absolute atomic E-state index is 10.7. The van der Waals surface area contributed by atoms with Crippen LogP contribution in [0.5, 0.6) is 0 Å². The van der Waals surface area contributed by atoms with E-state index in [-0.39, 0.29) is 0 Å². The molecule has 0 amide bonds. The van der Waals surface area contributed by atoms with Crippen molar-refractivity contribution in [2.75, 3.05) is 6.61 Å². The predicted octanol–water partition coefficient (Wildman–Crippen LogP) is -1.62. The Labute approximate surface area is 80.1 Å². The second-order valence-corrected chi connectivity index (χ2v) is 6.85. The van der Waals surface area contributed by atoms with Crippen molar-refractivity contribution in [1.82, 2.24) is 0 Å². The van der Waals surface area contributed by atoms with Crippen LogP contribution in [-0.4, -0.2) is 42.7 Å². The predicted molar refractivity (Wildman–Crippen MR) is 47.6 cm³/mol. The molecule has 0 saturated heterocycles. The summed E-state index contributed by atoms with van der Waals surface area (Å²) < 4.78 is 21.4. The van der Waals surface area contributed by atoms with E-state index in [0.717, 1.165) is 0 Å². The Morgan fingerprint density at radius 3 is 1.64 bits per heavy atom. The Kier molecular flexibility index (Phi) is 4.90. The smallest absolute Gasteiger partial charge is 0.340 e. The normalized spacial score (nSPS) is 15.9. The molecule has 0 bridgehead atoms. The van der Waals surface area contributed by atoms with Gasteiger partial charge < -0.3 is 30.4 Å². The second kappa shape index (κ2) is 4.83. The van der Waals surface area contributed by atoms with Crippen molar-refractivity contribution in [3.63, 3.8) is 0 Å². The van der Waals surface area contributed by atoms with E-state index in [1.165, 1.54) is 0 Å². The highest BCUT2D eigenvalue weighted by Crippen LogP contribution is 2.61. The van der Waals surface area contributed by atoms with E-state index in [1.807, 2.05) is 0 Å². The minimum absolute atomic E-state index is 0.601. The molecule has 0 radical (unpaired) electrons. The Morgan fingerprint density at radius 2 is 1.43 bits per heavy atom. The van der Waals surface area contributed by atoms with Gasteiger partial charge in [-0.05, 0) is 6.42 Å². The third-order valence-electron chi connectivity index (χ3n) is 1.52. The van der Waals surface area contributed by atoms with Crippen LogP contribution in [0.15, 0.2) is 0 Å². The highest BCUT2D eigenvalue weighted by atomic mass is 31.2. The van der Waals surface area contributed by atoms with Crippen molar-refractivity contribution >= 4 is 15.2 Å². The summed E-state index contributed by atoms with van der Waals surface area (Å²) >= 11 is 0. The van der Waals surface area contributed by atoms with Crippen molar-refractivity contribution in [3.8, 4) is 0 Å². The van der Waals surface area contributed by atoms with Crippen LogP contribution in [0.2, 0.25) is 0 Å². The monoisotopic (exact) mass is 249 g/mol. The minimum atomic E-state index is -4.92. The van der Waals surface area contributed by atoms with Crippen molar-refractivity contribution in [2.45, 2.75) is 17.9 Å². The molecule has 8 nitrogen and oxygen atoms in total. The van der Waals surface area contributed by atoms with Gasteiger partial charge in [-0.2, -0.15) is 0 Å². The van der Waals surface area contributed by atoms with Crippen LogP contribution in [0.1, 0.15) is 6.42 Å². The zero-order chi connectivity index (χ0) is 11.6. The standard InChI is InChI=1S/C4H13NO7P2/c5-3(2-6)1-4(13(7,8)9)14(10,11)12/h3-4,6H,1-2,5H2,(H2,7,8,9)(H2,10,11,12). The van der Waals surface area contributed by atoms with Crippen molar-refractivity contribution in [2.24, 2.45) is 5.73 Å². The highest BCUT2D eigenvalue weighted by Gasteiger charge is 2.43. The quantitative estimate of drug-likeness (QED) is 0.316. The van der Waals surface area contributed by atoms with Crippen LogP contribution in [0, 0.1) is 0 Å². The van der Waals surface area contributed by atoms with Crippen LogP contribution in [0.4, 0.5) is 0 Å². The molecule has 0 heterocycles. The van der Waals surface area contributed by atoms with Crippen LogP contribution in [-0.2, 0) is 9.13 Å². The first-order chi connectivity index (χ1) is 6.09. The van der Waals surface area contributed by atoms with E-state index in [0.29, 0.717) is 0 Å². The van der Waals surface area contributed by atoms with E-state index in [9.17, 15) is 9.13 Å². The average Bonchev–Trinajstić information content (AvgIpc) is 1.95. The minimum Gasteiger partial charge on any atom is -0.395 e. The fraction of sp³-hybridized carbons (Fsp3) is 1.00. The summed E-state index contributed by atoms with van der Waals surface area (Å²) in [4.78, 5) is 34.6. The van der Waals surface area contributed by atoms with E-state index < -0.39 is 39.7 Å². The summed E-state index contributed by atoms with van der Waals surface area (Å²) in [6, 6.07) is -1.07. The van der Waals surface area contributed by atoms with Gasteiger partial charge in [0.15, 0.2) is 5.40 Å². The van der Waals surface area contributed by atoms with Crippen molar-refractivity contribution in [3.05, 3.63) is 0 Å². The molecule has 0 aliphatic carbocycles. The molecule has 0 aliphatic rings. The van der Waals surface area contributed by atoms with Crippen LogP contribution in [0.25, 0.3) is 0 Å². The maximum atomic E-state index is 10.7. The number of hydrogen-bond donors (Lipinski definition) is 6. The molecule has 14 heavy (non-hydrogen) atoms. The zero-order valence-electron chi connectivity index (χ0n) is 7.09. The summed E-state index contributed by atoms with van der Waals surface area (Å²) in [7, 11) is -9.84. The number of aliphatic hydroxyl groups excluding tert-OH is 1. The molecular weight excluding hydrogens is 236 g/mol. The maximum Gasteiger partial charge on any atom is 0.340 e. The molecule has 0 aromatic rings. The summed E-state index contributed by atoms with van der Waals surface area (Å²) in [6.45, 7) is -0.601. The summed E-state index contributed by atoms with van der Waals surface area (Å²) in [6.07, 6.45) is -0.634. The van der Waals surface area contributed by atoms with Gasteiger partial charge >= 0.3 is 15.2 Å². The first-order valence-corrected chi connectivity index (χ1v) is 6.92. The summed E-state index contributed by atoms with van der Waals surface area (Å²) in [5, 5.41) is 6.34. The molecule has 0 aliphatic heterocycles. The van der Waals surface area contributed by atoms with E-state index in [4.69, 9.17) is 30.4 Å². The molecule has 0 aromatic carbocycles. The molecule has 0 aromatic heterocycles. The fourth-order valence-electron chi connectivity index (χ4n) is 0.816. The molecule has 7 N–H and O–H groups in total. The van der Waals surface area contributed by atoms with Crippen LogP contribution >= 0.6 is 15.2 Å². The number of rotatable bonds is 5. The fourth-order valence-corrected chi connectivity index (χ4v) is 3.47. The molecule has 0 fully saturated rings. The summed E-state index contributed by atoms with van der Waals surface area (Å²) in [5.74, 6) is 0. The van der Waals surface area contributed by atoms with Gasteiger partial charge in [-0.15, -0.1) is 0 Å². The van der Waals surface area contributed by atoms with Gasteiger partial charge in [-0.1, -0.05) is 0 Å². The first kappa shape index (κ1) is 14.2. The molecule has 86 valence electrons. The molecule has 0 saturated carbocycles. The third-order valence-corrected chi connectivity index (χ3v) is 5.30. The van der Waals surface area contributed by atoms with Gasteiger partial charge in [0.1, 0.15) is 0 Å². The zero-order valence-corrected chi connectivity index (χ0v) is 8.88. The van der Waals surface area contributed by atoms with E-state index in [2.05, 4.69) is 0 Å². The van der Waals surface area contributed by atoms with Crippen molar-refractivity contribution < 1.29 is 33.8 Å². The van der Waals surface area contributed by atoms with Gasteiger partial charge in [0, 0.05) is 6.04 Å².